The van der Waals surface area contributed by atoms with Gasteiger partial charge in [0.05, 0.1) is 18.8 Å². The SMILES string of the molecule is CNC(=O)CN(C)CC(=O)Nc1ccccc1SC. The average Bonchev–Trinajstić information content (AvgIpc) is 2.38. The van der Waals surface area contributed by atoms with Gasteiger partial charge in [-0.3, -0.25) is 14.5 Å². The molecule has 0 aromatic heterocycles. The molecule has 0 aliphatic heterocycles. The first-order valence-corrected chi connectivity index (χ1v) is 7.11. The minimum atomic E-state index is -0.132. The van der Waals surface area contributed by atoms with Gasteiger partial charge in [-0.25, -0.2) is 0 Å². The standard InChI is InChI=1S/C13H19N3O2S/c1-14-12(17)8-16(2)9-13(18)15-10-6-4-5-7-11(10)19-3/h4-7H,8-9H2,1-3H3,(H,14,17)(H,15,18). The summed E-state index contributed by atoms with van der Waals surface area (Å²) in [6, 6.07) is 7.62. The summed E-state index contributed by atoms with van der Waals surface area (Å²) in [5, 5.41) is 5.37. The quantitative estimate of drug-likeness (QED) is 0.765. The van der Waals surface area contributed by atoms with E-state index in [0.29, 0.717) is 0 Å². The van der Waals surface area contributed by atoms with Gasteiger partial charge >= 0.3 is 0 Å². The van der Waals surface area contributed by atoms with Crippen molar-refractivity contribution in [2.75, 3.05) is 38.8 Å². The molecule has 0 bridgehead atoms. The van der Waals surface area contributed by atoms with E-state index in [4.69, 9.17) is 0 Å². The Morgan fingerprint density at radius 3 is 2.47 bits per heavy atom. The number of likely N-dealkylation sites (N-methyl/N-ethyl adjacent to an activating group) is 2. The van der Waals surface area contributed by atoms with Crippen molar-refractivity contribution in [2.24, 2.45) is 0 Å². The second-order valence-electron chi connectivity index (χ2n) is 4.09. The molecule has 1 rings (SSSR count). The van der Waals surface area contributed by atoms with E-state index in [0.717, 1.165) is 10.6 Å². The Bertz CT molecular complexity index is 451. The molecule has 0 unspecified atom stereocenters. The second-order valence-corrected chi connectivity index (χ2v) is 4.94. The number of nitrogens with zero attached hydrogens (tertiary/aromatic N) is 1. The maximum absolute atomic E-state index is 11.9. The number of amides is 2. The highest BCUT2D eigenvalue weighted by atomic mass is 32.2. The summed E-state index contributed by atoms with van der Waals surface area (Å²) in [7, 11) is 3.31. The fourth-order valence-electron chi connectivity index (χ4n) is 1.56. The lowest BCUT2D eigenvalue weighted by atomic mass is 10.3. The van der Waals surface area contributed by atoms with Gasteiger partial charge in [0.25, 0.3) is 0 Å². The van der Waals surface area contributed by atoms with E-state index in [9.17, 15) is 9.59 Å². The molecule has 5 nitrogen and oxygen atoms in total. The molecule has 0 atom stereocenters. The lowest BCUT2D eigenvalue weighted by molar-refractivity contribution is -0.122. The van der Waals surface area contributed by atoms with E-state index in [2.05, 4.69) is 10.6 Å². The number of para-hydroxylation sites is 1. The van der Waals surface area contributed by atoms with Gasteiger partial charge in [-0.2, -0.15) is 0 Å². The Labute approximate surface area is 117 Å². The molecule has 2 amide bonds. The number of carbonyl (C=O) groups excluding carboxylic acids is 2. The third-order valence-electron chi connectivity index (χ3n) is 2.49. The molecule has 0 heterocycles. The van der Waals surface area contributed by atoms with Crippen LogP contribution >= 0.6 is 11.8 Å². The van der Waals surface area contributed by atoms with Crippen LogP contribution in [0.15, 0.2) is 29.2 Å². The first kappa shape index (κ1) is 15.5. The maximum atomic E-state index is 11.9. The molecule has 1 aromatic carbocycles. The normalized spacial score (nSPS) is 10.3. The van der Waals surface area contributed by atoms with Crippen LogP contribution in [-0.4, -0.2) is 50.2 Å². The van der Waals surface area contributed by atoms with E-state index >= 15 is 0 Å². The molecule has 104 valence electrons. The molecule has 1 aromatic rings. The van der Waals surface area contributed by atoms with E-state index in [-0.39, 0.29) is 24.9 Å². The van der Waals surface area contributed by atoms with Crippen LogP contribution in [0, 0.1) is 0 Å². The molecule has 0 aliphatic carbocycles. The van der Waals surface area contributed by atoms with Gasteiger partial charge < -0.3 is 10.6 Å². The molecular weight excluding hydrogens is 262 g/mol. The summed E-state index contributed by atoms with van der Waals surface area (Å²) in [6.07, 6.45) is 1.96. The van der Waals surface area contributed by atoms with Crippen LogP contribution in [0.3, 0.4) is 0 Å². The van der Waals surface area contributed by atoms with Crippen molar-refractivity contribution >= 4 is 29.3 Å². The van der Waals surface area contributed by atoms with Crippen molar-refractivity contribution in [1.29, 1.82) is 0 Å². The smallest absolute Gasteiger partial charge is 0.238 e. The van der Waals surface area contributed by atoms with Crippen LogP contribution in [0.4, 0.5) is 5.69 Å². The third-order valence-corrected chi connectivity index (χ3v) is 3.28. The van der Waals surface area contributed by atoms with Crippen molar-refractivity contribution in [3.05, 3.63) is 24.3 Å². The summed E-state index contributed by atoms with van der Waals surface area (Å²) >= 11 is 1.58. The van der Waals surface area contributed by atoms with Crippen molar-refractivity contribution in [3.63, 3.8) is 0 Å². The zero-order valence-electron chi connectivity index (χ0n) is 11.4. The van der Waals surface area contributed by atoms with Crippen LogP contribution in [0.1, 0.15) is 0 Å². The lowest BCUT2D eigenvalue weighted by Gasteiger charge is -2.16. The van der Waals surface area contributed by atoms with Gasteiger partial charge in [0, 0.05) is 11.9 Å². The highest BCUT2D eigenvalue weighted by Gasteiger charge is 2.11. The van der Waals surface area contributed by atoms with Gasteiger partial charge in [-0.1, -0.05) is 12.1 Å². The molecule has 2 N–H and O–H groups in total. The number of carbonyl (C=O) groups is 2. The lowest BCUT2D eigenvalue weighted by Crippen LogP contribution is -2.37. The van der Waals surface area contributed by atoms with Crippen LogP contribution in [0.5, 0.6) is 0 Å². The molecule has 0 spiro atoms. The molecule has 0 fully saturated rings. The van der Waals surface area contributed by atoms with E-state index in [1.54, 1.807) is 30.8 Å². The molecule has 0 saturated heterocycles. The highest BCUT2D eigenvalue weighted by Crippen LogP contribution is 2.24. The van der Waals surface area contributed by atoms with Gasteiger partial charge in [0.2, 0.25) is 11.8 Å². The first-order valence-electron chi connectivity index (χ1n) is 5.88. The largest absolute Gasteiger partial charge is 0.358 e. The number of nitrogens with one attached hydrogen (secondary N) is 2. The van der Waals surface area contributed by atoms with Crippen molar-refractivity contribution in [2.45, 2.75) is 4.90 Å². The summed E-state index contributed by atoms with van der Waals surface area (Å²) in [5.41, 5.74) is 0.799. The maximum Gasteiger partial charge on any atom is 0.238 e. The van der Waals surface area contributed by atoms with Crippen molar-refractivity contribution in [3.8, 4) is 0 Å². The Balaban J connectivity index is 2.53. The van der Waals surface area contributed by atoms with Crippen LogP contribution in [0.2, 0.25) is 0 Å². The zero-order valence-corrected chi connectivity index (χ0v) is 12.2. The Morgan fingerprint density at radius 2 is 1.84 bits per heavy atom. The van der Waals surface area contributed by atoms with Crippen LogP contribution < -0.4 is 10.6 Å². The molecular formula is C13H19N3O2S. The number of anilines is 1. The minimum Gasteiger partial charge on any atom is -0.358 e. The number of hydrogen-bond acceptors (Lipinski definition) is 4. The van der Waals surface area contributed by atoms with E-state index in [1.807, 2.05) is 30.5 Å². The highest BCUT2D eigenvalue weighted by molar-refractivity contribution is 7.98. The molecule has 6 heteroatoms. The zero-order chi connectivity index (χ0) is 14.3. The molecule has 19 heavy (non-hydrogen) atoms. The van der Waals surface area contributed by atoms with Crippen molar-refractivity contribution < 1.29 is 9.59 Å². The third kappa shape index (κ3) is 5.32. The molecule has 0 saturated carbocycles. The van der Waals surface area contributed by atoms with E-state index < -0.39 is 0 Å². The summed E-state index contributed by atoms with van der Waals surface area (Å²) < 4.78 is 0. The van der Waals surface area contributed by atoms with Crippen LogP contribution in [-0.2, 0) is 9.59 Å². The number of thioether (sulfide) groups is 1. The van der Waals surface area contributed by atoms with Crippen molar-refractivity contribution in [1.82, 2.24) is 10.2 Å². The Hall–Kier alpha value is -1.53. The number of benzene rings is 1. The van der Waals surface area contributed by atoms with Gasteiger partial charge in [-0.05, 0) is 25.4 Å². The first-order chi connectivity index (χ1) is 9.06. The Morgan fingerprint density at radius 1 is 1.21 bits per heavy atom. The van der Waals surface area contributed by atoms with Crippen LogP contribution in [0.25, 0.3) is 0 Å². The monoisotopic (exact) mass is 281 g/mol. The number of hydrogen-bond donors (Lipinski definition) is 2. The topological polar surface area (TPSA) is 61.4 Å². The summed E-state index contributed by atoms with van der Waals surface area (Å²) in [5.74, 6) is -0.243. The fourth-order valence-corrected chi connectivity index (χ4v) is 2.12. The minimum absolute atomic E-state index is 0.111. The predicted octanol–water partition coefficient (Wildman–Crippen LogP) is 1.02. The van der Waals surface area contributed by atoms with Gasteiger partial charge in [-0.15, -0.1) is 11.8 Å². The average molecular weight is 281 g/mol. The summed E-state index contributed by atoms with van der Waals surface area (Å²) in [4.78, 5) is 25.7. The predicted molar refractivity (Wildman–Crippen MR) is 78.4 cm³/mol. The van der Waals surface area contributed by atoms with Gasteiger partial charge in [0.1, 0.15) is 0 Å². The Kier molecular flexibility index (Phi) is 6.38. The van der Waals surface area contributed by atoms with Gasteiger partial charge in [0.15, 0.2) is 0 Å². The fraction of sp³-hybridized carbons (Fsp3) is 0.385. The summed E-state index contributed by atoms with van der Waals surface area (Å²) in [6.45, 7) is 0.379. The molecule has 0 aliphatic rings. The number of rotatable bonds is 6. The molecule has 0 radical (unpaired) electrons. The van der Waals surface area contributed by atoms with E-state index in [1.165, 1.54) is 0 Å². The second kappa shape index (κ2) is 7.81.